The molecule has 9 nitrogen and oxygen atoms in total. The summed E-state index contributed by atoms with van der Waals surface area (Å²) in [5.74, 6) is 0.301. The quantitative estimate of drug-likeness (QED) is 0.506. The van der Waals surface area contributed by atoms with Gasteiger partial charge in [-0.25, -0.2) is 0 Å². The monoisotopic (exact) mass is 349 g/mol. The molecule has 0 aliphatic rings. The van der Waals surface area contributed by atoms with Crippen LogP contribution in [0.25, 0.3) is 33.5 Å². The number of methoxy groups -OCH3 is 1. The molecular formula is C17H15N7O2. The number of H-pyrrole nitrogens is 2. The molecule has 0 aliphatic heterocycles. The number of rotatable bonds is 5. The van der Waals surface area contributed by atoms with Gasteiger partial charge in [0.25, 0.3) is 0 Å². The summed E-state index contributed by atoms with van der Waals surface area (Å²) in [4.78, 5) is 11.7. The van der Waals surface area contributed by atoms with E-state index in [1.165, 1.54) is 7.11 Å². The number of fused-ring (bicyclic) bond motifs is 1. The minimum atomic E-state index is -0.212. The highest BCUT2D eigenvalue weighted by Crippen LogP contribution is 2.30. The van der Waals surface area contributed by atoms with Gasteiger partial charge in [-0.2, -0.15) is 10.3 Å². The molecule has 0 aliphatic carbocycles. The minimum absolute atomic E-state index is 0.00359. The largest absolute Gasteiger partial charge is 0.375 e. The number of benzene rings is 2. The third-order valence-electron chi connectivity index (χ3n) is 3.86. The summed E-state index contributed by atoms with van der Waals surface area (Å²) >= 11 is 0. The van der Waals surface area contributed by atoms with Crippen molar-refractivity contribution in [1.29, 1.82) is 0 Å². The number of ether oxygens (including phenoxy) is 1. The lowest BCUT2D eigenvalue weighted by Crippen LogP contribution is -2.16. The van der Waals surface area contributed by atoms with Crippen LogP contribution in [0.3, 0.4) is 0 Å². The first kappa shape index (κ1) is 15.9. The van der Waals surface area contributed by atoms with Crippen LogP contribution in [-0.2, 0) is 9.53 Å². The number of nitrogens with zero attached hydrogens (tertiary/aromatic N) is 4. The summed E-state index contributed by atoms with van der Waals surface area (Å²) in [6, 6.07) is 13.2. The van der Waals surface area contributed by atoms with Gasteiger partial charge in [0, 0.05) is 29.3 Å². The van der Waals surface area contributed by atoms with Gasteiger partial charge in [0.15, 0.2) is 0 Å². The fourth-order valence-corrected chi connectivity index (χ4v) is 2.73. The second kappa shape index (κ2) is 6.73. The Kier molecular flexibility index (Phi) is 4.12. The van der Waals surface area contributed by atoms with E-state index in [9.17, 15) is 4.79 Å². The second-order valence-corrected chi connectivity index (χ2v) is 5.63. The number of nitrogens with one attached hydrogen (secondary N) is 3. The van der Waals surface area contributed by atoms with E-state index in [-0.39, 0.29) is 12.5 Å². The Hall–Kier alpha value is -3.59. The SMILES string of the molecule is COCC(=O)Nc1cccc(-c2n[nH]c3ccc(-c4nn[nH]n4)cc23)c1. The average molecular weight is 349 g/mol. The molecule has 0 atom stereocenters. The van der Waals surface area contributed by atoms with Gasteiger partial charge in [-0.15, -0.1) is 10.2 Å². The van der Waals surface area contributed by atoms with Gasteiger partial charge in [0.2, 0.25) is 11.7 Å². The zero-order valence-corrected chi connectivity index (χ0v) is 13.9. The zero-order chi connectivity index (χ0) is 17.9. The number of hydrogen-bond donors (Lipinski definition) is 3. The number of carbonyl (C=O) groups excluding carboxylic acids is 1. The highest BCUT2D eigenvalue weighted by Gasteiger charge is 2.12. The summed E-state index contributed by atoms with van der Waals surface area (Å²) in [5.41, 5.74) is 4.04. The van der Waals surface area contributed by atoms with Crippen LogP contribution in [0.15, 0.2) is 42.5 Å². The van der Waals surface area contributed by atoms with Crippen LogP contribution in [-0.4, -0.2) is 50.4 Å². The number of aromatic nitrogens is 6. The summed E-state index contributed by atoms with van der Waals surface area (Å²) in [6.07, 6.45) is 0. The van der Waals surface area contributed by atoms with E-state index in [4.69, 9.17) is 4.74 Å². The smallest absolute Gasteiger partial charge is 0.250 e. The molecule has 0 saturated carbocycles. The summed E-state index contributed by atoms with van der Waals surface area (Å²) in [5, 5.41) is 25.2. The fourth-order valence-electron chi connectivity index (χ4n) is 2.73. The van der Waals surface area contributed by atoms with Crippen molar-refractivity contribution in [2.45, 2.75) is 0 Å². The van der Waals surface area contributed by atoms with Crippen molar-refractivity contribution in [3.63, 3.8) is 0 Å². The normalized spacial score (nSPS) is 11.0. The minimum Gasteiger partial charge on any atom is -0.375 e. The summed E-state index contributed by atoms with van der Waals surface area (Å²) in [7, 11) is 1.48. The molecule has 4 aromatic rings. The molecular weight excluding hydrogens is 334 g/mol. The molecule has 3 N–H and O–H groups in total. The highest BCUT2D eigenvalue weighted by atomic mass is 16.5. The number of tetrazole rings is 1. The number of amides is 1. The molecule has 0 fully saturated rings. The number of hydrogen-bond acceptors (Lipinski definition) is 6. The molecule has 4 rings (SSSR count). The Balaban J connectivity index is 1.72. The van der Waals surface area contributed by atoms with Crippen LogP contribution in [0.2, 0.25) is 0 Å². The van der Waals surface area contributed by atoms with Crippen LogP contribution >= 0.6 is 0 Å². The molecule has 1 amide bonds. The van der Waals surface area contributed by atoms with E-state index in [0.29, 0.717) is 11.5 Å². The lowest BCUT2D eigenvalue weighted by Gasteiger charge is -2.06. The maximum atomic E-state index is 11.7. The molecule has 2 aromatic carbocycles. The van der Waals surface area contributed by atoms with Crippen LogP contribution in [0.1, 0.15) is 0 Å². The van der Waals surface area contributed by atoms with Crippen molar-refractivity contribution in [3.8, 4) is 22.6 Å². The maximum absolute atomic E-state index is 11.7. The summed E-state index contributed by atoms with van der Waals surface area (Å²) < 4.78 is 4.84. The molecule has 130 valence electrons. The Bertz CT molecular complexity index is 1060. The Morgan fingerprint density at radius 3 is 2.88 bits per heavy atom. The van der Waals surface area contributed by atoms with E-state index in [2.05, 4.69) is 36.1 Å². The third kappa shape index (κ3) is 3.03. The first-order valence-corrected chi connectivity index (χ1v) is 7.86. The second-order valence-electron chi connectivity index (χ2n) is 5.63. The van der Waals surface area contributed by atoms with Gasteiger partial charge < -0.3 is 10.1 Å². The predicted octanol–water partition coefficient (Wildman–Crippen LogP) is 1.99. The molecule has 9 heteroatoms. The van der Waals surface area contributed by atoms with E-state index in [1.54, 1.807) is 0 Å². The van der Waals surface area contributed by atoms with Crippen LogP contribution in [0.4, 0.5) is 5.69 Å². The topological polar surface area (TPSA) is 121 Å². The third-order valence-corrected chi connectivity index (χ3v) is 3.86. The number of anilines is 1. The lowest BCUT2D eigenvalue weighted by molar-refractivity contribution is -0.119. The first-order chi connectivity index (χ1) is 12.7. The Morgan fingerprint density at radius 1 is 1.15 bits per heavy atom. The fraction of sp³-hybridized carbons (Fsp3) is 0.118. The van der Waals surface area contributed by atoms with E-state index < -0.39 is 0 Å². The van der Waals surface area contributed by atoms with Crippen LogP contribution in [0.5, 0.6) is 0 Å². The van der Waals surface area contributed by atoms with Crippen molar-refractivity contribution in [2.75, 3.05) is 19.0 Å². The first-order valence-electron chi connectivity index (χ1n) is 7.86. The lowest BCUT2D eigenvalue weighted by atomic mass is 10.0. The van der Waals surface area contributed by atoms with Gasteiger partial charge in [0.1, 0.15) is 6.61 Å². The van der Waals surface area contributed by atoms with E-state index in [1.807, 2.05) is 42.5 Å². The van der Waals surface area contributed by atoms with Crippen molar-refractivity contribution in [2.24, 2.45) is 0 Å². The van der Waals surface area contributed by atoms with Crippen molar-refractivity contribution in [1.82, 2.24) is 30.8 Å². The zero-order valence-electron chi connectivity index (χ0n) is 13.9. The molecule has 26 heavy (non-hydrogen) atoms. The van der Waals surface area contributed by atoms with Crippen LogP contribution < -0.4 is 5.32 Å². The molecule has 2 aromatic heterocycles. The van der Waals surface area contributed by atoms with Gasteiger partial charge in [-0.1, -0.05) is 12.1 Å². The van der Waals surface area contributed by atoms with Crippen molar-refractivity contribution in [3.05, 3.63) is 42.5 Å². The summed E-state index contributed by atoms with van der Waals surface area (Å²) in [6.45, 7) is 0.00359. The Morgan fingerprint density at radius 2 is 2.08 bits per heavy atom. The molecule has 0 unspecified atom stereocenters. The van der Waals surface area contributed by atoms with Crippen molar-refractivity contribution >= 4 is 22.5 Å². The molecule has 0 saturated heterocycles. The number of aromatic amines is 2. The molecule has 0 spiro atoms. The molecule has 2 heterocycles. The number of carbonyl (C=O) groups is 1. The average Bonchev–Trinajstić information content (AvgIpc) is 3.31. The van der Waals surface area contributed by atoms with Gasteiger partial charge in [0.05, 0.1) is 11.2 Å². The maximum Gasteiger partial charge on any atom is 0.250 e. The Labute approximate surface area is 147 Å². The predicted molar refractivity (Wildman–Crippen MR) is 95.2 cm³/mol. The highest BCUT2D eigenvalue weighted by molar-refractivity contribution is 5.97. The van der Waals surface area contributed by atoms with E-state index >= 15 is 0 Å². The molecule has 0 bridgehead atoms. The van der Waals surface area contributed by atoms with Gasteiger partial charge in [-0.05, 0) is 35.5 Å². The van der Waals surface area contributed by atoms with E-state index in [0.717, 1.165) is 27.7 Å². The standard InChI is InChI=1S/C17H15N7O2/c1-26-9-15(25)18-12-4-2-3-10(7-12)16-13-8-11(17-21-23-24-22-17)5-6-14(13)19-20-16/h2-8H,9H2,1H3,(H,18,25)(H,19,20)(H,21,22,23,24). The molecule has 0 radical (unpaired) electrons. The van der Waals surface area contributed by atoms with Gasteiger partial charge in [-0.3, -0.25) is 9.89 Å². The van der Waals surface area contributed by atoms with Crippen molar-refractivity contribution < 1.29 is 9.53 Å². The van der Waals surface area contributed by atoms with Gasteiger partial charge >= 0.3 is 0 Å². The van der Waals surface area contributed by atoms with Crippen LogP contribution in [0, 0.1) is 0 Å².